The van der Waals surface area contributed by atoms with Crippen molar-refractivity contribution in [3.05, 3.63) is 72.3 Å². The minimum atomic E-state index is -3.54. The molecule has 0 aliphatic carbocycles. The van der Waals surface area contributed by atoms with Crippen LogP contribution in [0, 0.1) is 0 Å². The fourth-order valence-electron chi connectivity index (χ4n) is 3.81. The van der Waals surface area contributed by atoms with Crippen LogP contribution in [0.5, 0.6) is 0 Å². The van der Waals surface area contributed by atoms with Gasteiger partial charge in [0.15, 0.2) is 0 Å². The van der Waals surface area contributed by atoms with Crippen molar-refractivity contribution < 1.29 is 13.2 Å². The van der Waals surface area contributed by atoms with E-state index in [0.717, 1.165) is 30.0 Å². The summed E-state index contributed by atoms with van der Waals surface area (Å²) in [5, 5.41) is 5.03. The SMILES string of the molecule is C[C@H]1CCCCN1S(=O)(=O)c1ccc(C(=O)Nc2ccc3ccccc3c2)cc1. The van der Waals surface area contributed by atoms with Crippen molar-refractivity contribution in [1.29, 1.82) is 0 Å². The monoisotopic (exact) mass is 408 g/mol. The average molecular weight is 409 g/mol. The molecule has 0 bridgehead atoms. The van der Waals surface area contributed by atoms with Crippen LogP contribution in [0.1, 0.15) is 36.5 Å². The molecule has 1 amide bonds. The van der Waals surface area contributed by atoms with Crippen LogP contribution in [-0.4, -0.2) is 31.2 Å². The second kappa shape index (κ2) is 7.97. The fourth-order valence-corrected chi connectivity index (χ4v) is 5.51. The summed E-state index contributed by atoms with van der Waals surface area (Å²) in [7, 11) is -3.54. The van der Waals surface area contributed by atoms with Crippen molar-refractivity contribution in [1.82, 2.24) is 4.31 Å². The Kier molecular flexibility index (Phi) is 5.39. The summed E-state index contributed by atoms with van der Waals surface area (Å²) in [4.78, 5) is 12.8. The molecule has 1 N–H and O–H groups in total. The van der Waals surface area contributed by atoms with E-state index in [-0.39, 0.29) is 16.8 Å². The van der Waals surface area contributed by atoms with Gasteiger partial charge in [0.1, 0.15) is 0 Å². The van der Waals surface area contributed by atoms with Gasteiger partial charge < -0.3 is 5.32 Å². The van der Waals surface area contributed by atoms with Crippen molar-refractivity contribution in [3.8, 4) is 0 Å². The zero-order valence-corrected chi connectivity index (χ0v) is 17.2. The van der Waals surface area contributed by atoms with Gasteiger partial charge in [-0.25, -0.2) is 8.42 Å². The molecule has 150 valence electrons. The number of sulfonamides is 1. The molecule has 1 atom stereocenters. The van der Waals surface area contributed by atoms with E-state index in [0.29, 0.717) is 17.8 Å². The Morgan fingerprint density at radius 2 is 1.69 bits per heavy atom. The number of carbonyl (C=O) groups excluding carboxylic acids is 1. The Hall–Kier alpha value is -2.70. The maximum absolute atomic E-state index is 12.9. The summed E-state index contributed by atoms with van der Waals surface area (Å²) in [6, 6.07) is 19.9. The van der Waals surface area contributed by atoms with Gasteiger partial charge in [0.05, 0.1) is 4.90 Å². The average Bonchev–Trinajstić information content (AvgIpc) is 2.74. The van der Waals surface area contributed by atoms with Gasteiger partial charge in [-0.15, -0.1) is 0 Å². The second-order valence-corrected chi connectivity index (χ2v) is 9.39. The first kappa shape index (κ1) is 19.6. The largest absolute Gasteiger partial charge is 0.322 e. The maximum atomic E-state index is 12.9. The minimum Gasteiger partial charge on any atom is -0.322 e. The number of nitrogens with one attached hydrogen (secondary N) is 1. The van der Waals surface area contributed by atoms with Crippen molar-refractivity contribution in [2.75, 3.05) is 11.9 Å². The van der Waals surface area contributed by atoms with Gasteiger partial charge in [-0.05, 0) is 66.9 Å². The van der Waals surface area contributed by atoms with Gasteiger partial charge >= 0.3 is 0 Å². The lowest BCUT2D eigenvalue weighted by Crippen LogP contribution is -2.41. The molecule has 4 rings (SSSR count). The Bertz CT molecular complexity index is 1140. The predicted octanol–water partition coefficient (Wildman–Crippen LogP) is 4.66. The molecule has 0 unspecified atom stereocenters. The molecule has 1 saturated heterocycles. The van der Waals surface area contributed by atoms with Gasteiger partial charge in [-0.3, -0.25) is 4.79 Å². The standard InChI is InChI=1S/C23H24N2O3S/c1-17-6-4-5-15-25(17)29(27,28)22-13-10-19(11-14-22)23(26)24-21-12-9-18-7-2-3-8-20(18)16-21/h2-3,7-14,16-17H,4-6,15H2,1H3,(H,24,26)/t17-/m0/s1. The van der Waals surface area contributed by atoms with Crippen molar-refractivity contribution in [2.24, 2.45) is 0 Å². The van der Waals surface area contributed by atoms with Gasteiger partial charge in [-0.2, -0.15) is 4.31 Å². The number of carbonyl (C=O) groups is 1. The number of fused-ring (bicyclic) bond motifs is 1. The third kappa shape index (κ3) is 4.04. The van der Waals surface area contributed by atoms with E-state index in [1.807, 2.05) is 49.4 Å². The van der Waals surface area contributed by atoms with E-state index in [9.17, 15) is 13.2 Å². The van der Waals surface area contributed by atoms with E-state index < -0.39 is 10.0 Å². The van der Waals surface area contributed by atoms with E-state index in [1.54, 1.807) is 16.4 Å². The molecule has 3 aromatic carbocycles. The van der Waals surface area contributed by atoms with Crippen LogP contribution >= 0.6 is 0 Å². The third-order valence-electron chi connectivity index (χ3n) is 5.47. The number of benzene rings is 3. The molecule has 5 nitrogen and oxygen atoms in total. The summed E-state index contributed by atoms with van der Waals surface area (Å²) in [5.74, 6) is -0.268. The Labute approximate surface area is 171 Å². The van der Waals surface area contributed by atoms with E-state index in [1.165, 1.54) is 12.1 Å². The lowest BCUT2D eigenvalue weighted by Gasteiger charge is -2.32. The summed E-state index contributed by atoms with van der Waals surface area (Å²) in [6.07, 6.45) is 2.82. The zero-order chi connectivity index (χ0) is 20.4. The molecule has 0 saturated carbocycles. The van der Waals surface area contributed by atoms with Crippen LogP contribution in [0.15, 0.2) is 71.6 Å². The highest BCUT2D eigenvalue weighted by Crippen LogP contribution is 2.25. The molecule has 1 aliphatic rings. The minimum absolute atomic E-state index is 0.00429. The molecule has 0 aromatic heterocycles. The Morgan fingerprint density at radius 1 is 0.966 bits per heavy atom. The zero-order valence-electron chi connectivity index (χ0n) is 16.3. The third-order valence-corrected chi connectivity index (χ3v) is 7.50. The van der Waals surface area contributed by atoms with Gasteiger partial charge in [0.2, 0.25) is 10.0 Å². The van der Waals surface area contributed by atoms with E-state index in [2.05, 4.69) is 5.32 Å². The molecule has 1 heterocycles. The van der Waals surface area contributed by atoms with Gasteiger partial charge in [0, 0.05) is 23.8 Å². The van der Waals surface area contributed by atoms with Gasteiger partial charge in [0.25, 0.3) is 5.91 Å². The highest BCUT2D eigenvalue weighted by atomic mass is 32.2. The van der Waals surface area contributed by atoms with Crippen LogP contribution < -0.4 is 5.32 Å². The Morgan fingerprint density at radius 3 is 2.41 bits per heavy atom. The van der Waals surface area contributed by atoms with Crippen LogP contribution in [0.2, 0.25) is 0 Å². The maximum Gasteiger partial charge on any atom is 0.255 e. The quantitative estimate of drug-likeness (QED) is 0.683. The molecule has 0 spiro atoms. The van der Waals surface area contributed by atoms with Gasteiger partial charge in [-0.1, -0.05) is 36.8 Å². The number of amides is 1. The van der Waals surface area contributed by atoms with Crippen LogP contribution in [0.25, 0.3) is 10.8 Å². The number of nitrogens with zero attached hydrogens (tertiary/aromatic N) is 1. The highest BCUT2D eigenvalue weighted by Gasteiger charge is 2.30. The lowest BCUT2D eigenvalue weighted by molar-refractivity contribution is 0.102. The number of hydrogen-bond donors (Lipinski definition) is 1. The highest BCUT2D eigenvalue weighted by molar-refractivity contribution is 7.89. The van der Waals surface area contributed by atoms with Crippen LogP contribution in [0.3, 0.4) is 0 Å². The first-order valence-electron chi connectivity index (χ1n) is 9.87. The summed E-state index contributed by atoms with van der Waals surface area (Å²) in [6.45, 7) is 2.50. The van der Waals surface area contributed by atoms with E-state index >= 15 is 0 Å². The van der Waals surface area contributed by atoms with Crippen molar-refractivity contribution in [3.63, 3.8) is 0 Å². The molecular weight excluding hydrogens is 384 g/mol. The molecular formula is C23H24N2O3S. The van der Waals surface area contributed by atoms with Crippen LogP contribution in [0.4, 0.5) is 5.69 Å². The normalized spacial score (nSPS) is 17.9. The molecule has 1 aliphatic heterocycles. The first-order chi connectivity index (χ1) is 13.9. The molecule has 29 heavy (non-hydrogen) atoms. The number of rotatable bonds is 4. The molecule has 0 radical (unpaired) electrons. The van der Waals surface area contributed by atoms with Crippen LogP contribution in [-0.2, 0) is 10.0 Å². The summed E-state index contributed by atoms with van der Waals surface area (Å²) in [5.41, 5.74) is 1.12. The fraction of sp³-hybridized carbons (Fsp3) is 0.261. The predicted molar refractivity (Wildman–Crippen MR) is 116 cm³/mol. The number of piperidine rings is 1. The summed E-state index contributed by atoms with van der Waals surface area (Å²) >= 11 is 0. The lowest BCUT2D eigenvalue weighted by atomic mass is 10.1. The molecule has 6 heteroatoms. The summed E-state index contributed by atoms with van der Waals surface area (Å²) < 4.78 is 27.4. The smallest absolute Gasteiger partial charge is 0.255 e. The van der Waals surface area contributed by atoms with Crippen molar-refractivity contribution >= 4 is 32.4 Å². The molecule has 1 fully saturated rings. The van der Waals surface area contributed by atoms with Crippen molar-refractivity contribution in [2.45, 2.75) is 37.1 Å². The Balaban J connectivity index is 1.51. The topological polar surface area (TPSA) is 66.5 Å². The van der Waals surface area contributed by atoms with E-state index in [4.69, 9.17) is 0 Å². The first-order valence-corrected chi connectivity index (χ1v) is 11.3. The second-order valence-electron chi connectivity index (χ2n) is 7.50. The number of hydrogen-bond acceptors (Lipinski definition) is 3. The molecule has 3 aromatic rings. The number of anilines is 1.